The Morgan fingerprint density at radius 1 is 0.957 bits per heavy atom. The number of hydrogen-bond donors (Lipinski definition) is 3. The number of aromatic amines is 2. The van der Waals surface area contributed by atoms with E-state index in [-0.39, 0.29) is 5.69 Å². The standard InChI is InChI=1S/C14H15N3O6/c1-21-9-4-7(5-10(22-2)12(9)23-3)15-13(19)8-6-11(18)17-14(20)16-8/h4-6H,1-3H3,(H,15,19)(H2,16,17,18,20). The van der Waals surface area contributed by atoms with Crippen LogP contribution in [0.15, 0.2) is 27.8 Å². The zero-order valence-corrected chi connectivity index (χ0v) is 12.7. The summed E-state index contributed by atoms with van der Waals surface area (Å²) in [6, 6.07) is 4.02. The molecule has 23 heavy (non-hydrogen) atoms. The average molecular weight is 321 g/mol. The Hall–Kier alpha value is -3.23. The molecule has 0 aliphatic heterocycles. The first-order valence-corrected chi connectivity index (χ1v) is 6.43. The quantitative estimate of drug-likeness (QED) is 0.730. The molecule has 0 radical (unpaired) electrons. The van der Waals surface area contributed by atoms with E-state index in [0.29, 0.717) is 22.9 Å². The highest BCUT2D eigenvalue weighted by molar-refractivity contribution is 6.03. The Bertz CT molecular complexity index is 786. The summed E-state index contributed by atoms with van der Waals surface area (Å²) in [7, 11) is 4.34. The minimum absolute atomic E-state index is 0.174. The van der Waals surface area contributed by atoms with Crippen LogP contribution in [0.4, 0.5) is 5.69 Å². The molecule has 0 spiro atoms. The summed E-state index contributed by atoms with van der Waals surface area (Å²) in [5, 5.41) is 2.54. The molecule has 1 heterocycles. The first kappa shape index (κ1) is 16.1. The van der Waals surface area contributed by atoms with Crippen molar-refractivity contribution < 1.29 is 19.0 Å². The van der Waals surface area contributed by atoms with E-state index in [4.69, 9.17) is 14.2 Å². The molecule has 2 rings (SSSR count). The van der Waals surface area contributed by atoms with E-state index in [9.17, 15) is 14.4 Å². The second kappa shape index (κ2) is 6.69. The Labute approximate surface area is 130 Å². The van der Waals surface area contributed by atoms with E-state index < -0.39 is 17.2 Å². The number of carbonyl (C=O) groups is 1. The number of carbonyl (C=O) groups excluding carboxylic acids is 1. The lowest BCUT2D eigenvalue weighted by molar-refractivity contribution is 0.102. The first-order chi connectivity index (χ1) is 11.0. The summed E-state index contributed by atoms with van der Waals surface area (Å²) < 4.78 is 15.5. The van der Waals surface area contributed by atoms with Crippen LogP contribution in [0.3, 0.4) is 0 Å². The minimum Gasteiger partial charge on any atom is -0.493 e. The van der Waals surface area contributed by atoms with Crippen LogP contribution in [0.1, 0.15) is 10.5 Å². The maximum Gasteiger partial charge on any atom is 0.326 e. The third kappa shape index (κ3) is 3.51. The van der Waals surface area contributed by atoms with Gasteiger partial charge in [0.1, 0.15) is 5.69 Å². The highest BCUT2D eigenvalue weighted by Crippen LogP contribution is 2.39. The van der Waals surface area contributed by atoms with Crippen LogP contribution in [-0.2, 0) is 0 Å². The van der Waals surface area contributed by atoms with Crippen LogP contribution >= 0.6 is 0 Å². The smallest absolute Gasteiger partial charge is 0.326 e. The van der Waals surface area contributed by atoms with Crippen LogP contribution in [0, 0.1) is 0 Å². The Kier molecular flexibility index (Phi) is 4.69. The Morgan fingerprint density at radius 3 is 2.04 bits per heavy atom. The van der Waals surface area contributed by atoms with Crippen LogP contribution in [0.5, 0.6) is 17.2 Å². The summed E-state index contributed by atoms with van der Waals surface area (Å²) >= 11 is 0. The number of benzene rings is 1. The van der Waals surface area contributed by atoms with E-state index in [1.54, 1.807) is 0 Å². The number of aromatic nitrogens is 2. The third-order valence-electron chi connectivity index (χ3n) is 2.93. The number of amides is 1. The zero-order chi connectivity index (χ0) is 17.0. The second-order valence-electron chi connectivity index (χ2n) is 4.37. The van der Waals surface area contributed by atoms with Crippen molar-refractivity contribution in [2.24, 2.45) is 0 Å². The van der Waals surface area contributed by atoms with Crippen LogP contribution in [-0.4, -0.2) is 37.2 Å². The predicted molar refractivity (Wildman–Crippen MR) is 81.7 cm³/mol. The van der Waals surface area contributed by atoms with Gasteiger partial charge in [0.15, 0.2) is 11.5 Å². The van der Waals surface area contributed by atoms with Crippen LogP contribution in [0.25, 0.3) is 0 Å². The maximum atomic E-state index is 12.1. The van der Waals surface area contributed by atoms with Crippen molar-refractivity contribution >= 4 is 11.6 Å². The molecule has 0 aliphatic carbocycles. The fraction of sp³-hybridized carbons (Fsp3) is 0.214. The molecule has 9 nitrogen and oxygen atoms in total. The van der Waals surface area contributed by atoms with Gasteiger partial charge in [-0.15, -0.1) is 0 Å². The van der Waals surface area contributed by atoms with Crippen molar-refractivity contribution in [3.63, 3.8) is 0 Å². The second-order valence-corrected chi connectivity index (χ2v) is 4.37. The van der Waals surface area contributed by atoms with Crippen molar-refractivity contribution in [2.45, 2.75) is 0 Å². The average Bonchev–Trinajstić information content (AvgIpc) is 2.52. The lowest BCUT2D eigenvalue weighted by atomic mass is 10.2. The van der Waals surface area contributed by atoms with Gasteiger partial charge in [-0.2, -0.15) is 0 Å². The number of methoxy groups -OCH3 is 3. The molecular weight excluding hydrogens is 306 g/mol. The molecule has 122 valence electrons. The van der Waals surface area contributed by atoms with Gasteiger partial charge in [0.25, 0.3) is 11.5 Å². The Balaban J connectivity index is 2.37. The molecule has 2 aromatic rings. The van der Waals surface area contributed by atoms with Gasteiger partial charge >= 0.3 is 5.69 Å². The minimum atomic E-state index is -0.771. The summed E-state index contributed by atoms with van der Waals surface area (Å²) in [5.41, 5.74) is -1.28. The molecule has 0 atom stereocenters. The molecule has 1 amide bonds. The molecule has 0 saturated heterocycles. The fourth-order valence-corrected chi connectivity index (χ4v) is 1.94. The summed E-state index contributed by atoms with van der Waals surface area (Å²) in [6.45, 7) is 0. The number of rotatable bonds is 5. The van der Waals surface area contributed by atoms with Gasteiger partial charge in [-0.05, 0) is 0 Å². The highest BCUT2D eigenvalue weighted by Gasteiger charge is 2.15. The van der Waals surface area contributed by atoms with Gasteiger partial charge in [0, 0.05) is 23.9 Å². The molecule has 0 fully saturated rings. The highest BCUT2D eigenvalue weighted by atomic mass is 16.5. The van der Waals surface area contributed by atoms with Crippen molar-refractivity contribution in [1.82, 2.24) is 9.97 Å². The maximum absolute atomic E-state index is 12.1. The number of hydrogen-bond acceptors (Lipinski definition) is 6. The number of ether oxygens (including phenoxy) is 3. The zero-order valence-electron chi connectivity index (χ0n) is 12.7. The molecule has 0 bridgehead atoms. The topological polar surface area (TPSA) is 123 Å². The fourth-order valence-electron chi connectivity index (χ4n) is 1.94. The van der Waals surface area contributed by atoms with Gasteiger partial charge in [-0.25, -0.2) is 4.79 Å². The van der Waals surface area contributed by atoms with Crippen LogP contribution in [0.2, 0.25) is 0 Å². The summed E-state index contributed by atoms with van der Waals surface area (Å²) in [6.07, 6.45) is 0. The lowest BCUT2D eigenvalue weighted by Crippen LogP contribution is -2.27. The van der Waals surface area contributed by atoms with Gasteiger partial charge in [0.2, 0.25) is 5.75 Å². The molecule has 3 N–H and O–H groups in total. The predicted octanol–water partition coefficient (Wildman–Crippen LogP) is 0.341. The third-order valence-corrected chi connectivity index (χ3v) is 2.93. The number of H-pyrrole nitrogens is 2. The van der Waals surface area contributed by atoms with Gasteiger partial charge in [0.05, 0.1) is 21.3 Å². The van der Waals surface area contributed by atoms with E-state index in [2.05, 4.69) is 10.3 Å². The van der Waals surface area contributed by atoms with E-state index in [1.807, 2.05) is 4.98 Å². The number of anilines is 1. The summed E-state index contributed by atoms with van der Waals surface area (Å²) in [5.74, 6) is 0.406. The normalized spacial score (nSPS) is 10.0. The molecule has 0 unspecified atom stereocenters. The van der Waals surface area contributed by atoms with Crippen molar-refractivity contribution in [2.75, 3.05) is 26.6 Å². The van der Waals surface area contributed by atoms with E-state index in [1.165, 1.54) is 33.5 Å². The van der Waals surface area contributed by atoms with Gasteiger partial charge < -0.3 is 24.5 Å². The molecule has 0 saturated carbocycles. The van der Waals surface area contributed by atoms with E-state index >= 15 is 0 Å². The number of nitrogens with one attached hydrogen (secondary N) is 3. The first-order valence-electron chi connectivity index (χ1n) is 6.43. The molecule has 1 aromatic carbocycles. The Morgan fingerprint density at radius 2 is 1.57 bits per heavy atom. The molecular formula is C14H15N3O6. The van der Waals surface area contributed by atoms with Crippen molar-refractivity contribution in [3.8, 4) is 17.2 Å². The van der Waals surface area contributed by atoms with Crippen molar-refractivity contribution in [1.29, 1.82) is 0 Å². The lowest BCUT2D eigenvalue weighted by Gasteiger charge is -2.14. The summed E-state index contributed by atoms with van der Waals surface area (Å²) in [4.78, 5) is 38.8. The van der Waals surface area contributed by atoms with Crippen LogP contribution < -0.4 is 30.8 Å². The molecule has 9 heteroatoms. The van der Waals surface area contributed by atoms with Crippen molar-refractivity contribution in [3.05, 3.63) is 44.7 Å². The molecule has 1 aromatic heterocycles. The largest absolute Gasteiger partial charge is 0.493 e. The molecule has 0 aliphatic rings. The van der Waals surface area contributed by atoms with E-state index in [0.717, 1.165) is 6.07 Å². The SMILES string of the molecule is COc1cc(NC(=O)c2cc(=O)[nH]c(=O)[nH]2)cc(OC)c1OC. The monoisotopic (exact) mass is 321 g/mol. The van der Waals surface area contributed by atoms with Gasteiger partial charge in [-0.3, -0.25) is 14.6 Å². The van der Waals surface area contributed by atoms with Gasteiger partial charge in [-0.1, -0.05) is 0 Å².